The molecule has 1 heterocycles. The van der Waals surface area contributed by atoms with Gasteiger partial charge in [0.1, 0.15) is 0 Å². The first-order valence-electron chi connectivity index (χ1n) is 8.33. The third-order valence-corrected chi connectivity index (χ3v) is 4.25. The zero-order chi connectivity index (χ0) is 17.2. The minimum absolute atomic E-state index is 0.309. The van der Waals surface area contributed by atoms with E-state index in [0.29, 0.717) is 12.2 Å². The van der Waals surface area contributed by atoms with E-state index in [1.807, 2.05) is 55.5 Å². The van der Waals surface area contributed by atoms with Crippen LogP contribution < -0.4 is 0 Å². The van der Waals surface area contributed by atoms with E-state index in [1.54, 1.807) is 6.07 Å². The van der Waals surface area contributed by atoms with E-state index in [9.17, 15) is 4.79 Å². The van der Waals surface area contributed by atoms with Crippen molar-refractivity contribution >= 4 is 27.8 Å². The minimum Gasteiger partial charge on any atom is -0.462 e. The number of nitrogens with zero attached hydrogens (tertiary/aromatic N) is 1. The zero-order valence-corrected chi connectivity index (χ0v) is 13.9. The number of rotatable bonds is 3. The quantitative estimate of drug-likeness (QED) is 0.382. The van der Waals surface area contributed by atoms with Crippen LogP contribution in [0.15, 0.2) is 72.8 Å². The summed E-state index contributed by atoms with van der Waals surface area (Å²) in [6.07, 6.45) is 0. The molecule has 0 aliphatic rings. The first kappa shape index (κ1) is 15.3. The van der Waals surface area contributed by atoms with Gasteiger partial charge < -0.3 is 4.74 Å². The Balaban J connectivity index is 2.08. The van der Waals surface area contributed by atoms with Crippen LogP contribution in [0.4, 0.5) is 0 Å². The third-order valence-electron chi connectivity index (χ3n) is 4.25. The Morgan fingerprint density at radius 1 is 0.880 bits per heavy atom. The second-order valence-electron chi connectivity index (χ2n) is 5.82. The first-order chi connectivity index (χ1) is 12.3. The lowest BCUT2D eigenvalue weighted by molar-refractivity contribution is 0.0526. The molecular weight excluding hydrogens is 310 g/mol. The SMILES string of the molecule is CCOC(=O)c1ccc2nc3ccccc3c(-c3ccccc3)c2c1. The van der Waals surface area contributed by atoms with Gasteiger partial charge in [0.25, 0.3) is 0 Å². The summed E-state index contributed by atoms with van der Waals surface area (Å²) in [4.78, 5) is 16.9. The maximum absolute atomic E-state index is 12.2. The molecule has 4 aromatic rings. The molecule has 0 aliphatic carbocycles. The van der Waals surface area contributed by atoms with E-state index in [2.05, 4.69) is 18.2 Å². The second kappa shape index (κ2) is 6.36. The van der Waals surface area contributed by atoms with E-state index in [4.69, 9.17) is 9.72 Å². The first-order valence-corrected chi connectivity index (χ1v) is 8.33. The summed E-state index contributed by atoms with van der Waals surface area (Å²) in [6.45, 7) is 2.17. The number of hydrogen-bond donors (Lipinski definition) is 0. The van der Waals surface area contributed by atoms with Gasteiger partial charge in [-0.05, 0) is 36.8 Å². The van der Waals surface area contributed by atoms with Crippen molar-refractivity contribution in [3.63, 3.8) is 0 Å². The molecule has 0 amide bonds. The number of hydrogen-bond acceptors (Lipinski definition) is 3. The van der Waals surface area contributed by atoms with Crippen molar-refractivity contribution in [1.82, 2.24) is 4.98 Å². The largest absolute Gasteiger partial charge is 0.462 e. The molecule has 0 unspecified atom stereocenters. The van der Waals surface area contributed by atoms with Gasteiger partial charge in [0.2, 0.25) is 0 Å². The highest BCUT2D eigenvalue weighted by molar-refractivity contribution is 6.10. The molecule has 122 valence electrons. The Hall–Kier alpha value is -3.20. The van der Waals surface area contributed by atoms with Crippen LogP contribution in [-0.4, -0.2) is 17.6 Å². The van der Waals surface area contributed by atoms with E-state index < -0.39 is 0 Å². The molecule has 3 nitrogen and oxygen atoms in total. The molecule has 0 radical (unpaired) electrons. The number of benzene rings is 3. The molecular formula is C22H17NO2. The summed E-state index contributed by atoms with van der Waals surface area (Å²) >= 11 is 0. The summed E-state index contributed by atoms with van der Waals surface area (Å²) in [6, 6.07) is 23.8. The van der Waals surface area contributed by atoms with Gasteiger partial charge in [0.15, 0.2) is 0 Å². The van der Waals surface area contributed by atoms with E-state index in [0.717, 1.165) is 32.9 Å². The van der Waals surface area contributed by atoms with Gasteiger partial charge in [-0.1, -0.05) is 48.5 Å². The summed E-state index contributed by atoms with van der Waals surface area (Å²) < 4.78 is 5.15. The maximum Gasteiger partial charge on any atom is 0.338 e. The van der Waals surface area contributed by atoms with Gasteiger partial charge in [0, 0.05) is 16.3 Å². The molecule has 4 rings (SSSR count). The fourth-order valence-electron chi connectivity index (χ4n) is 3.15. The Kier molecular flexibility index (Phi) is 3.90. The number of fused-ring (bicyclic) bond motifs is 2. The maximum atomic E-state index is 12.2. The number of esters is 1. The van der Waals surface area contributed by atoms with Crippen molar-refractivity contribution in [3.05, 3.63) is 78.4 Å². The molecule has 3 heteroatoms. The lowest BCUT2D eigenvalue weighted by atomic mass is 9.95. The van der Waals surface area contributed by atoms with Crippen molar-refractivity contribution in [3.8, 4) is 11.1 Å². The van der Waals surface area contributed by atoms with E-state index in [1.165, 1.54) is 0 Å². The second-order valence-corrected chi connectivity index (χ2v) is 5.82. The monoisotopic (exact) mass is 327 g/mol. The van der Waals surface area contributed by atoms with Crippen molar-refractivity contribution in [1.29, 1.82) is 0 Å². The molecule has 0 bridgehead atoms. The zero-order valence-electron chi connectivity index (χ0n) is 13.9. The Morgan fingerprint density at radius 3 is 2.40 bits per heavy atom. The van der Waals surface area contributed by atoms with Gasteiger partial charge >= 0.3 is 5.97 Å². The number of carbonyl (C=O) groups excluding carboxylic acids is 1. The van der Waals surface area contributed by atoms with Crippen LogP contribution in [-0.2, 0) is 4.74 Å². The number of aromatic nitrogens is 1. The predicted molar refractivity (Wildman–Crippen MR) is 101 cm³/mol. The summed E-state index contributed by atoms with van der Waals surface area (Å²) in [5.41, 5.74) is 4.55. The lowest BCUT2D eigenvalue weighted by Crippen LogP contribution is -2.04. The van der Waals surface area contributed by atoms with Gasteiger partial charge in [-0.3, -0.25) is 0 Å². The van der Waals surface area contributed by atoms with Crippen LogP contribution in [0.25, 0.3) is 32.9 Å². The fraction of sp³-hybridized carbons (Fsp3) is 0.0909. The lowest BCUT2D eigenvalue weighted by Gasteiger charge is -2.12. The van der Waals surface area contributed by atoms with Crippen molar-refractivity contribution in [2.24, 2.45) is 0 Å². The molecule has 0 saturated heterocycles. The van der Waals surface area contributed by atoms with Gasteiger partial charge in [-0.2, -0.15) is 0 Å². The molecule has 0 aliphatic heterocycles. The summed E-state index contributed by atoms with van der Waals surface area (Å²) in [7, 11) is 0. The Bertz CT molecular complexity index is 1070. The molecule has 0 atom stereocenters. The molecule has 0 saturated carbocycles. The highest BCUT2D eigenvalue weighted by Gasteiger charge is 2.14. The molecule has 0 fully saturated rings. The van der Waals surface area contributed by atoms with Crippen LogP contribution in [0.1, 0.15) is 17.3 Å². The average Bonchev–Trinajstić information content (AvgIpc) is 2.66. The molecule has 0 spiro atoms. The van der Waals surface area contributed by atoms with Crippen molar-refractivity contribution < 1.29 is 9.53 Å². The van der Waals surface area contributed by atoms with Crippen molar-refractivity contribution in [2.45, 2.75) is 6.92 Å². The van der Waals surface area contributed by atoms with Crippen LogP contribution in [0.5, 0.6) is 0 Å². The number of para-hydroxylation sites is 1. The highest BCUT2D eigenvalue weighted by Crippen LogP contribution is 2.35. The Labute approximate surface area is 145 Å². The van der Waals surface area contributed by atoms with Crippen LogP contribution in [0, 0.1) is 0 Å². The molecule has 0 N–H and O–H groups in total. The Morgan fingerprint density at radius 2 is 1.60 bits per heavy atom. The van der Waals surface area contributed by atoms with Crippen LogP contribution >= 0.6 is 0 Å². The number of carbonyl (C=O) groups is 1. The molecule has 25 heavy (non-hydrogen) atoms. The molecule has 3 aromatic carbocycles. The van der Waals surface area contributed by atoms with E-state index >= 15 is 0 Å². The number of ether oxygens (including phenoxy) is 1. The smallest absolute Gasteiger partial charge is 0.338 e. The standard InChI is InChI=1S/C22H17NO2/c1-2-25-22(24)16-12-13-20-18(14-16)21(15-8-4-3-5-9-15)17-10-6-7-11-19(17)23-20/h3-14H,2H2,1H3. The predicted octanol–water partition coefficient (Wildman–Crippen LogP) is 5.23. The van der Waals surface area contributed by atoms with Gasteiger partial charge in [-0.25, -0.2) is 9.78 Å². The fourth-order valence-corrected chi connectivity index (χ4v) is 3.15. The van der Waals surface area contributed by atoms with Crippen LogP contribution in [0.2, 0.25) is 0 Å². The normalized spacial score (nSPS) is 10.9. The van der Waals surface area contributed by atoms with Crippen molar-refractivity contribution in [2.75, 3.05) is 6.61 Å². The molecule has 1 aromatic heterocycles. The average molecular weight is 327 g/mol. The van der Waals surface area contributed by atoms with Gasteiger partial charge in [0.05, 0.1) is 23.2 Å². The topological polar surface area (TPSA) is 39.2 Å². The van der Waals surface area contributed by atoms with E-state index in [-0.39, 0.29) is 5.97 Å². The number of pyridine rings is 1. The highest BCUT2D eigenvalue weighted by atomic mass is 16.5. The van der Waals surface area contributed by atoms with Gasteiger partial charge in [-0.15, -0.1) is 0 Å². The third kappa shape index (κ3) is 2.74. The van der Waals surface area contributed by atoms with Crippen LogP contribution in [0.3, 0.4) is 0 Å². The summed E-state index contributed by atoms with van der Waals surface area (Å²) in [5.74, 6) is -0.309. The minimum atomic E-state index is -0.309. The summed E-state index contributed by atoms with van der Waals surface area (Å²) in [5, 5.41) is 2.03.